The van der Waals surface area contributed by atoms with Gasteiger partial charge in [0.1, 0.15) is 0 Å². The highest BCUT2D eigenvalue weighted by molar-refractivity contribution is 5.05. The van der Waals surface area contributed by atoms with Gasteiger partial charge in [-0.3, -0.25) is 4.90 Å². The van der Waals surface area contributed by atoms with Crippen molar-refractivity contribution in [3.8, 4) is 0 Å². The molecule has 1 aliphatic carbocycles. The highest BCUT2D eigenvalue weighted by Gasteiger charge is 2.44. The third-order valence-corrected chi connectivity index (χ3v) is 5.21. The van der Waals surface area contributed by atoms with E-state index < -0.39 is 0 Å². The summed E-state index contributed by atoms with van der Waals surface area (Å²) < 4.78 is 0. The van der Waals surface area contributed by atoms with E-state index in [9.17, 15) is 0 Å². The SMILES string of the molecule is CCCCN1CC2(CCCC2)NCC1(C)CC. The summed E-state index contributed by atoms with van der Waals surface area (Å²) in [5.41, 5.74) is 0.866. The molecule has 100 valence electrons. The molecule has 0 aromatic rings. The maximum atomic E-state index is 3.90. The summed E-state index contributed by atoms with van der Waals surface area (Å²) in [5, 5.41) is 3.90. The van der Waals surface area contributed by atoms with Crippen molar-refractivity contribution in [1.29, 1.82) is 0 Å². The molecule has 2 aliphatic rings. The monoisotopic (exact) mass is 238 g/mol. The molecule has 2 heteroatoms. The van der Waals surface area contributed by atoms with Crippen molar-refractivity contribution in [2.24, 2.45) is 0 Å². The Morgan fingerprint density at radius 3 is 2.47 bits per heavy atom. The van der Waals surface area contributed by atoms with Gasteiger partial charge in [0.05, 0.1) is 0 Å². The van der Waals surface area contributed by atoms with Crippen molar-refractivity contribution in [2.45, 2.75) is 76.8 Å². The highest BCUT2D eigenvalue weighted by atomic mass is 15.3. The molecule has 2 rings (SSSR count). The van der Waals surface area contributed by atoms with Gasteiger partial charge in [0, 0.05) is 24.2 Å². The summed E-state index contributed by atoms with van der Waals surface area (Å²) in [6, 6.07) is 0. The summed E-state index contributed by atoms with van der Waals surface area (Å²) in [6.45, 7) is 10.9. The van der Waals surface area contributed by atoms with Gasteiger partial charge in [0.25, 0.3) is 0 Å². The van der Waals surface area contributed by atoms with Gasteiger partial charge in [-0.2, -0.15) is 0 Å². The molecule has 1 saturated carbocycles. The molecule has 1 unspecified atom stereocenters. The molecule has 0 radical (unpaired) electrons. The van der Waals surface area contributed by atoms with E-state index in [-0.39, 0.29) is 0 Å². The molecule has 1 N–H and O–H groups in total. The first-order chi connectivity index (χ1) is 8.14. The predicted octanol–water partition coefficient (Wildman–Crippen LogP) is 3.17. The molecule has 0 aromatic heterocycles. The number of nitrogens with one attached hydrogen (secondary N) is 1. The van der Waals surface area contributed by atoms with Crippen LogP contribution in [0.1, 0.15) is 65.7 Å². The first-order valence-corrected chi connectivity index (χ1v) is 7.64. The van der Waals surface area contributed by atoms with Crippen LogP contribution in [0.5, 0.6) is 0 Å². The number of hydrogen-bond acceptors (Lipinski definition) is 2. The van der Waals surface area contributed by atoms with Crippen LogP contribution in [0.15, 0.2) is 0 Å². The highest BCUT2D eigenvalue weighted by Crippen LogP contribution is 2.36. The number of piperazine rings is 1. The van der Waals surface area contributed by atoms with E-state index in [0.29, 0.717) is 11.1 Å². The fourth-order valence-electron chi connectivity index (χ4n) is 3.54. The second kappa shape index (κ2) is 5.27. The topological polar surface area (TPSA) is 15.3 Å². The van der Waals surface area contributed by atoms with Crippen LogP contribution in [0.3, 0.4) is 0 Å². The fourth-order valence-corrected chi connectivity index (χ4v) is 3.54. The van der Waals surface area contributed by atoms with Gasteiger partial charge in [-0.05, 0) is 39.2 Å². The van der Waals surface area contributed by atoms with E-state index in [1.165, 1.54) is 64.6 Å². The molecule has 1 spiro atoms. The zero-order valence-electron chi connectivity index (χ0n) is 12.0. The van der Waals surface area contributed by atoms with E-state index in [0.717, 1.165) is 0 Å². The Bertz CT molecular complexity index is 245. The van der Waals surface area contributed by atoms with Crippen LogP contribution in [0.4, 0.5) is 0 Å². The summed E-state index contributed by atoms with van der Waals surface area (Å²) >= 11 is 0. The molecule has 0 bridgehead atoms. The lowest BCUT2D eigenvalue weighted by molar-refractivity contribution is 0.0135. The fraction of sp³-hybridized carbons (Fsp3) is 1.00. The van der Waals surface area contributed by atoms with E-state index in [1.807, 2.05) is 0 Å². The van der Waals surface area contributed by atoms with Crippen LogP contribution in [0.2, 0.25) is 0 Å². The van der Waals surface area contributed by atoms with E-state index in [1.54, 1.807) is 0 Å². The van der Waals surface area contributed by atoms with E-state index in [4.69, 9.17) is 0 Å². The van der Waals surface area contributed by atoms with E-state index >= 15 is 0 Å². The lowest BCUT2D eigenvalue weighted by atomic mass is 9.85. The maximum absolute atomic E-state index is 3.90. The third kappa shape index (κ3) is 2.68. The average molecular weight is 238 g/mol. The van der Waals surface area contributed by atoms with Gasteiger partial charge in [-0.25, -0.2) is 0 Å². The Hall–Kier alpha value is -0.0800. The number of nitrogens with zero attached hydrogens (tertiary/aromatic N) is 1. The van der Waals surface area contributed by atoms with Crippen molar-refractivity contribution in [3.63, 3.8) is 0 Å². The second-order valence-electron chi connectivity index (χ2n) is 6.47. The lowest BCUT2D eigenvalue weighted by Gasteiger charge is -2.52. The minimum atomic E-state index is 0.392. The Labute approximate surface area is 107 Å². The summed E-state index contributed by atoms with van der Waals surface area (Å²) in [6.07, 6.45) is 9.59. The molecular weight excluding hydrogens is 208 g/mol. The smallest absolute Gasteiger partial charge is 0.0309 e. The third-order valence-electron chi connectivity index (χ3n) is 5.21. The van der Waals surface area contributed by atoms with E-state index in [2.05, 4.69) is 31.0 Å². The van der Waals surface area contributed by atoms with Crippen LogP contribution in [-0.2, 0) is 0 Å². The van der Waals surface area contributed by atoms with Gasteiger partial charge in [0.15, 0.2) is 0 Å². The van der Waals surface area contributed by atoms with Gasteiger partial charge >= 0.3 is 0 Å². The Balaban J connectivity index is 2.04. The molecule has 2 fully saturated rings. The van der Waals surface area contributed by atoms with Crippen molar-refractivity contribution in [1.82, 2.24) is 10.2 Å². The molecule has 1 aliphatic heterocycles. The van der Waals surface area contributed by atoms with Crippen LogP contribution in [-0.4, -0.2) is 35.6 Å². The van der Waals surface area contributed by atoms with Gasteiger partial charge in [0.2, 0.25) is 0 Å². The Morgan fingerprint density at radius 2 is 1.88 bits per heavy atom. The number of hydrogen-bond donors (Lipinski definition) is 1. The largest absolute Gasteiger partial charge is 0.308 e. The first kappa shape index (κ1) is 13.4. The van der Waals surface area contributed by atoms with Crippen molar-refractivity contribution in [3.05, 3.63) is 0 Å². The lowest BCUT2D eigenvalue weighted by Crippen LogP contribution is -2.68. The predicted molar refractivity (Wildman–Crippen MR) is 74.4 cm³/mol. The number of unbranched alkanes of at least 4 members (excludes halogenated alkanes) is 1. The van der Waals surface area contributed by atoms with Gasteiger partial charge in [-0.15, -0.1) is 0 Å². The van der Waals surface area contributed by atoms with Gasteiger partial charge in [-0.1, -0.05) is 33.1 Å². The minimum absolute atomic E-state index is 0.392. The van der Waals surface area contributed by atoms with Crippen LogP contribution in [0.25, 0.3) is 0 Å². The molecule has 1 heterocycles. The normalized spacial score (nSPS) is 33.4. The Morgan fingerprint density at radius 1 is 1.18 bits per heavy atom. The van der Waals surface area contributed by atoms with Crippen molar-refractivity contribution >= 4 is 0 Å². The standard InChI is InChI=1S/C15H30N2/c1-4-6-11-17-13-15(9-7-8-10-15)16-12-14(17,3)5-2/h16H,4-13H2,1-3H3. The quantitative estimate of drug-likeness (QED) is 0.809. The second-order valence-corrected chi connectivity index (χ2v) is 6.47. The molecule has 1 saturated heterocycles. The van der Waals surface area contributed by atoms with Crippen LogP contribution < -0.4 is 5.32 Å². The minimum Gasteiger partial charge on any atom is -0.308 e. The molecule has 2 nitrogen and oxygen atoms in total. The Kier molecular flexibility index (Phi) is 4.14. The molecule has 1 atom stereocenters. The summed E-state index contributed by atoms with van der Waals surface area (Å²) in [7, 11) is 0. The molecule has 17 heavy (non-hydrogen) atoms. The molecule has 0 aromatic carbocycles. The molecule has 0 amide bonds. The number of rotatable bonds is 4. The van der Waals surface area contributed by atoms with Gasteiger partial charge < -0.3 is 5.32 Å². The average Bonchev–Trinajstić information content (AvgIpc) is 2.80. The summed E-state index contributed by atoms with van der Waals surface area (Å²) in [4.78, 5) is 2.79. The van der Waals surface area contributed by atoms with Crippen LogP contribution >= 0.6 is 0 Å². The van der Waals surface area contributed by atoms with Crippen molar-refractivity contribution in [2.75, 3.05) is 19.6 Å². The first-order valence-electron chi connectivity index (χ1n) is 7.64. The zero-order chi connectivity index (χ0) is 12.4. The maximum Gasteiger partial charge on any atom is 0.0309 e. The van der Waals surface area contributed by atoms with Crippen LogP contribution in [0, 0.1) is 0 Å². The summed E-state index contributed by atoms with van der Waals surface area (Å²) in [5.74, 6) is 0. The molecular formula is C15H30N2. The zero-order valence-corrected chi connectivity index (χ0v) is 12.0. The van der Waals surface area contributed by atoms with Crippen molar-refractivity contribution < 1.29 is 0 Å².